The number of hydrogen-bond donors (Lipinski definition) is 0. The van der Waals surface area contributed by atoms with Crippen LogP contribution < -0.4 is 0 Å². The highest BCUT2D eigenvalue weighted by atomic mass is 19.1. The van der Waals surface area contributed by atoms with Crippen molar-refractivity contribution >= 4 is 0 Å². The molecule has 2 aliphatic rings. The molecule has 2 fully saturated rings. The molecule has 0 bridgehead atoms. The van der Waals surface area contributed by atoms with Gasteiger partial charge in [0.05, 0.1) is 5.56 Å². The molecule has 0 atom stereocenters. The Bertz CT molecular complexity index is 463. The minimum atomic E-state index is -0.401. The molecular formula is C13H13FN2. The Hall–Kier alpha value is -1.40. The van der Waals surface area contributed by atoms with Crippen molar-refractivity contribution in [2.75, 3.05) is 13.1 Å². The first-order valence-corrected chi connectivity index (χ1v) is 5.62. The predicted octanol–water partition coefficient (Wildman–Crippen LogP) is 2.29. The lowest BCUT2D eigenvalue weighted by Crippen LogP contribution is -2.47. The molecule has 0 N–H and O–H groups in total. The topological polar surface area (TPSA) is 27.0 Å². The summed E-state index contributed by atoms with van der Waals surface area (Å²) < 4.78 is 13.3. The Labute approximate surface area is 94.3 Å². The molecule has 0 aromatic heterocycles. The van der Waals surface area contributed by atoms with Crippen LogP contribution in [0.2, 0.25) is 0 Å². The fourth-order valence-corrected chi connectivity index (χ4v) is 2.51. The molecule has 3 heteroatoms. The fraction of sp³-hybridized carbons (Fsp3) is 0.462. The summed E-state index contributed by atoms with van der Waals surface area (Å²) in [7, 11) is 0. The first-order chi connectivity index (χ1) is 7.71. The molecule has 3 rings (SSSR count). The standard InChI is InChI=1S/C13H13FN2/c14-12-5-10(1-2-11(12)6-15)7-16-8-13(9-16)3-4-13/h1-2,5H,3-4,7-9H2. The number of benzene rings is 1. The molecule has 0 radical (unpaired) electrons. The number of halogens is 1. The number of nitrogens with zero attached hydrogens (tertiary/aromatic N) is 2. The van der Waals surface area contributed by atoms with Gasteiger partial charge in [0.15, 0.2) is 0 Å². The van der Waals surface area contributed by atoms with Gasteiger partial charge in [0.2, 0.25) is 0 Å². The van der Waals surface area contributed by atoms with Crippen molar-refractivity contribution < 1.29 is 4.39 Å². The largest absolute Gasteiger partial charge is 0.298 e. The van der Waals surface area contributed by atoms with E-state index in [1.165, 1.54) is 18.9 Å². The maximum absolute atomic E-state index is 13.3. The minimum Gasteiger partial charge on any atom is -0.298 e. The highest BCUT2D eigenvalue weighted by Gasteiger charge is 2.51. The normalized spacial score (nSPS) is 21.5. The second kappa shape index (κ2) is 3.29. The quantitative estimate of drug-likeness (QED) is 0.758. The van der Waals surface area contributed by atoms with E-state index >= 15 is 0 Å². The monoisotopic (exact) mass is 216 g/mol. The first kappa shape index (κ1) is 9.80. The summed E-state index contributed by atoms with van der Waals surface area (Å²) >= 11 is 0. The van der Waals surface area contributed by atoms with Gasteiger partial charge < -0.3 is 0 Å². The van der Waals surface area contributed by atoms with Crippen LogP contribution in [0.1, 0.15) is 24.0 Å². The number of hydrogen-bond acceptors (Lipinski definition) is 2. The lowest BCUT2D eigenvalue weighted by Gasteiger charge is -2.40. The minimum absolute atomic E-state index is 0.131. The second-order valence-electron chi connectivity index (χ2n) is 5.07. The molecule has 1 aliphatic carbocycles. The molecule has 1 aromatic rings. The maximum Gasteiger partial charge on any atom is 0.141 e. The van der Waals surface area contributed by atoms with Gasteiger partial charge >= 0.3 is 0 Å². The molecule has 1 spiro atoms. The third-order valence-electron chi connectivity index (χ3n) is 3.64. The third kappa shape index (κ3) is 1.60. The van der Waals surface area contributed by atoms with Crippen LogP contribution in [-0.2, 0) is 6.54 Å². The van der Waals surface area contributed by atoms with Gasteiger partial charge in [0.25, 0.3) is 0 Å². The Morgan fingerprint density at radius 3 is 2.69 bits per heavy atom. The highest BCUT2D eigenvalue weighted by molar-refractivity contribution is 5.33. The van der Waals surface area contributed by atoms with Crippen molar-refractivity contribution in [3.8, 4) is 6.07 Å². The third-order valence-corrected chi connectivity index (χ3v) is 3.64. The Balaban J connectivity index is 1.66. The average Bonchev–Trinajstić information content (AvgIpc) is 2.98. The molecule has 1 aromatic carbocycles. The SMILES string of the molecule is N#Cc1ccc(CN2CC3(CC3)C2)cc1F. The van der Waals surface area contributed by atoms with Gasteiger partial charge in [-0.15, -0.1) is 0 Å². The Morgan fingerprint density at radius 1 is 1.38 bits per heavy atom. The molecular weight excluding hydrogens is 203 g/mol. The lowest BCUT2D eigenvalue weighted by molar-refractivity contribution is 0.0738. The summed E-state index contributed by atoms with van der Waals surface area (Å²) in [6, 6.07) is 6.73. The smallest absolute Gasteiger partial charge is 0.141 e. The van der Waals surface area contributed by atoms with Gasteiger partial charge in [0, 0.05) is 19.6 Å². The van der Waals surface area contributed by atoms with Crippen LogP contribution in [0.3, 0.4) is 0 Å². The van der Waals surface area contributed by atoms with Crippen molar-refractivity contribution in [2.45, 2.75) is 19.4 Å². The molecule has 1 saturated carbocycles. The van der Waals surface area contributed by atoms with Crippen LogP contribution in [0.15, 0.2) is 18.2 Å². The molecule has 1 aliphatic heterocycles. The van der Waals surface area contributed by atoms with E-state index < -0.39 is 5.82 Å². The maximum atomic E-state index is 13.3. The van der Waals surface area contributed by atoms with E-state index in [0.29, 0.717) is 5.41 Å². The van der Waals surface area contributed by atoms with Crippen LogP contribution in [0.4, 0.5) is 4.39 Å². The van der Waals surface area contributed by atoms with E-state index in [0.717, 1.165) is 25.2 Å². The average molecular weight is 216 g/mol. The second-order valence-corrected chi connectivity index (χ2v) is 5.07. The number of likely N-dealkylation sites (tertiary alicyclic amines) is 1. The molecule has 1 saturated heterocycles. The van der Waals surface area contributed by atoms with Crippen molar-refractivity contribution in [3.05, 3.63) is 35.1 Å². The van der Waals surface area contributed by atoms with Crippen LogP contribution in [0.5, 0.6) is 0 Å². The first-order valence-electron chi connectivity index (χ1n) is 5.62. The van der Waals surface area contributed by atoms with E-state index in [2.05, 4.69) is 4.90 Å². The zero-order valence-electron chi connectivity index (χ0n) is 9.04. The van der Waals surface area contributed by atoms with Crippen LogP contribution in [0, 0.1) is 22.6 Å². The summed E-state index contributed by atoms with van der Waals surface area (Å²) in [5.74, 6) is -0.401. The van der Waals surface area contributed by atoms with Crippen LogP contribution in [0.25, 0.3) is 0 Å². The van der Waals surface area contributed by atoms with Gasteiger partial charge in [-0.3, -0.25) is 4.90 Å². The van der Waals surface area contributed by atoms with Crippen LogP contribution >= 0.6 is 0 Å². The summed E-state index contributed by atoms with van der Waals surface area (Å²) in [4.78, 5) is 2.34. The van der Waals surface area contributed by atoms with Gasteiger partial charge in [0.1, 0.15) is 11.9 Å². The molecule has 0 amide bonds. The van der Waals surface area contributed by atoms with Crippen molar-refractivity contribution in [2.24, 2.45) is 5.41 Å². The van der Waals surface area contributed by atoms with Crippen molar-refractivity contribution in [1.29, 1.82) is 5.26 Å². The van der Waals surface area contributed by atoms with E-state index in [-0.39, 0.29) is 5.56 Å². The van der Waals surface area contributed by atoms with Crippen molar-refractivity contribution in [3.63, 3.8) is 0 Å². The van der Waals surface area contributed by atoms with E-state index in [1.54, 1.807) is 6.07 Å². The van der Waals surface area contributed by atoms with Gasteiger partial charge in [-0.2, -0.15) is 5.26 Å². The van der Waals surface area contributed by atoms with Crippen LogP contribution in [-0.4, -0.2) is 18.0 Å². The summed E-state index contributed by atoms with van der Waals surface area (Å²) in [6.07, 6.45) is 2.73. The molecule has 82 valence electrons. The molecule has 0 unspecified atom stereocenters. The molecule has 1 heterocycles. The Kier molecular flexibility index (Phi) is 2.02. The summed E-state index contributed by atoms with van der Waals surface area (Å²) in [6.45, 7) is 3.13. The fourth-order valence-electron chi connectivity index (χ4n) is 2.51. The van der Waals surface area contributed by atoms with Gasteiger partial charge in [-0.1, -0.05) is 6.07 Å². The molecule has 2 nitrogen and oxygen atoms in total. The number of rotatable bonds is 2. The zero-order valence-corrected chi connectivity index (χ0v) is 9.04. The van der Waals surface area contributed by atoms with Gasteiger partial charge in [-0.05, 0) is 36.0 Å². The van der Waals surface area contributed by atoms with Crippen molar-refractivity contribution in [1.82, 2.24) is 4.90 Å². The lowest BCUT2D eigenvalue weighted by atomic mass is 9.96. The molecule has 16 heavy (non-hydrogen) atoms. The Morgan fingerprint density at radius 2 is 2.12 bits per heavy atom. The van der Waals surface area contributed by atoms with E-state index in [9.17, 15) is 4.39 Å². The predicted molar refractivity (Wildman–Crippen MR) is 58.1 cm³/mol. The van der Waals surface area contributed by atoms with E-state index in [1.807, 2.05) is 12.1 Å². The zero-order chi connectivity index (χ0) is 11.2. The summed E-state index contributed by atoms with van der Waals surface area (Å²) in [5, 5.41) is 8.63. The summed E-state index contributed by atoms with van der Waals surface area (Å²) in [5.41, 5.74) is 1.74. The van der Waals surface area contributed by atoms with E-state index in [4.69, 9.17) is 5.26 Å². The highest BCUT2D eigenvalue weighted by Crippen LogP contribution is 2.53. The number of nitriles is 1. The van der Waals surface area contributed by atoms with Gasteiger partial charge in [-0.25, -0.2) is 4.39 Å².